The molecular formula is C19H14BrFN2O4S. The Morgan fingerprint density at radius 1 is 1.29 bits per heavy atom. The second-order valence-corrected chi connectivity index (χ2v) is 6.96. The molecule has 0 unspecified atom stereocenters. The van der Waals surface area contributed by atoms with E-state index in [1.165, 1.54) is 36.4 Å². The Hall–Kier alpha value is -2.78. The molecule has 0 atom stereocenters. The molecule has 2 N–H and O–H groups in total. The van der Waals surface area contributed by atoms with Crippen molar-refractivity contribution in [1.29, 1.82) is 0 Å². The van der Waals surface area contributed by atoms with Crippen molar-refractivity contribution < 1.29 is 23.8 Å². The Balaban J connectivity index is 2.03. The van der Waals surface area contributed by atoms with Crippen LogP contribution >= 0.6 is 28.1 Å². The number of carbonyl (C=O) groups excluding carboxylic acids is 2. The number of phenols is 1. The van der Waals surface area contributed by atoms with E-state index in [1.54, 1.807) is 13.0 Å². The highest BCUT2D eigenvalue weighted by molar-refractivity contribution is 9.10. The number of thiocarbonyl (C=S) groups is 1. The van der Waals surface area contributed by atoms with Gasteiger partial charge in [0.15, 0.2) is 16.6 Å². The van der Waals surface area contributed by atoms with Crippen molar-refractivity contribution in [3.63, 3.8) is 0 Å². The minimum absolute atomic E-state index is 0.0856. The lowest BCUT2D eigenvalue weighted by molar-refractivity contribution is -0.122. The zero-order valence-corrected chi connectivity index (χ0v) is 16.9. The number of phenolic OH excluding ortho intramolecular Hbond substituents is 1. The SMILES string of the molecule is CCOc1cc(/C=C2/C(=O)NC(=S)N(c3ccc(F)cc3)C2=O)cc(Br)c1O. The number of hydrogen-bond donors (Lipinski definition) is 2. The van der Waals surface area contributed by atoms with Gasteiger partial charge in [-0.3, -0.25) is 19.8 Å². The Kier molecular flexibility index (Phi) is 5.76. The zero-order chi connectivity index (χ0) is 20.4. The number of hydrogen-bond acceptors (Lipinski definition) is 5. The number of anilines is 1. The van der Waals surface area contributed by atoms with Gasteiger partial charge >= 0.3 is 0 Å². The fourth-order valence-electron chi connectivity index (χ4n) is 2.59. The lowest BCUT2D eigenvalue weighted by atomic mass is 10.1. The van der Waals surface area contributed by atoms with Gasteiger partial charge in [-0.05, 0) is 83.1 Å². The number of halogens is 2. The van der Waals surface area contributed by atoms with Crippen molar-refractivity contribution in [2.24, 2.45) is 0 Å². The van der Waals surface area contributed by atoms with Crippen LogP contribution in [0.3, 0.4) is 0 Å². The zero-order valence-electron chi connectivity index (χ0n) is 14.5. The second-order valence-electron chi connectivity index (χ2n) is 5.72. The van der Waals surface area contributed by atoms with Crippen LogP contribution in [-0.4, -0.2) is 28.6 Å². The smallest absolute Gasteiger partial charge is 0.270 e. The van der Waals surface area contributed by atoms with Gasteiger partial charge in [-0.15, -0.1) is 0 Å². The minimum atomic E-state index is -0.657. The standard InChI is InChI=1S/C19H14BrFN2O4S/c1-2-27-15-9-10(8-14(20)16(15)24)7-13-17(25)22-19(28)23(18(13)26)12-5-3-11(21)4-6-12/h3-9,24H,2H2,1H3,(H,22,25,28)/b13-7-. The quantitative estimate of drug-likeness (QED) is 0.411. The van der Waals surface area contributed by atoms with Crippen molar-refractivity contribution in [1.82, 2.24) is 5.32 Å². The van der Waals surface area contributed by atoms with Crippen molar-refractivity contribution in [3.05, 3.63) is 57.8 Å². The average Bonchev–Trinajstić information content (AvgIpc) is 2.64. The van der Waals surface area contributed by atoms with Crippen LogP contribution in [-0.2, 0) is 9.59 Å². The summed E-state index contributed by atoms with van der Waals surface area (Å²) in [7, 11) is 0. The highest BCUT2D eigenvalue weighted by atomic mass is 79.9. The summed E-state index contributed by atoms with van der Waals surface area (Å²) in [6.07, 6.45) is 1.36. The van der Waals surface area contributed by atoms with Crippen LogP contribution < -0.4 is 15.0 Å². The third kappa shape index (κ3) is 3.90. The summed E-state index contributed by atoms with van der Waals surface area (Å²) < 4.78 is 18.9. The summed E-state index contributed by atoms with van der Waals surface area (Å²) in [5.74, 6) is -1.65. The molecular weight excluding hydrogens is 451 g/mol. The van der Waals surface area contributed by atoms with Crippen LogP contribution in [0, 0.1) is 5.82 Å². The molecule has 0 saturated carbocycles. The number of rotatable bonds is 4. The van der Waals surface area contributed by atoms with Gasteiger partial charge < -0.3 is 9.84 Å². The molecule has 3 rings (SSSR count). The molecule has 0 bridgehead atoms. The maximum absolute atomic E-state index is 13.2. The molecule has 144 valence electrons. The summed E-state index contributed by atoms with van der Waals surface area (Å²) in [6.45, 7) is 2.09. The van der Waals surface area contributed by atoms with Crippen molar-refractivity contribution in [2.75, 3.05) is 11.5 Å². The van der Waals surface area contributed by atoms with Gasteiger partial charge in [0.2, 0.25) is 0 Å². The number of carbonyl (C=O) groups is 2. The van der Waals surface area contributed by atoms with E-state index in [0.717, 1.165) is 4.90 Å². The van der Waals surface area contributed by atoms with E-state index in [0.29, 0.717) is 22.3 Å². The first-order chi connectivity index (χ1) is 13.3. The van der Waals surface area contributed by atoms with Crippen LogP contribution in [0.2, 0.25) is 0 Å². The van der Waals surface area contributed by atoms with Gasteiger partial charge in [-0.2, -0.15) is 0 Å². The topological polar surface area (TPSA) is 78.9 Å². The number of ether oxygens (including phenoxy) is 1. The summed E-state index contributed by atoms with van der Waals surface area (Å²) >= 11 is 8.31. The van der Waals surface area contributed by atoms with Gasteiger partial charge in [0.1, 0.15) is 11.4 Å². The molecule has 1 fully saturated rings. The van der Waals surface area contributed by atoms with Gasteiger partial charge in [0.05, 0.1) is 16.8 Å². The van der Waals surface area contributed by atoms with Gasteiger partial charge in [0.25, 0.3) is 11.8 Å². The van der Waals surface area contributed by atoms with E-state index >= 15 is 0 Å². The summed E-state index contributed by atoms with van der Waals surface area (Å²) in [5.41, 5.74) is 0.612. The Bertz CT molecular complexity index is 1010. The first-order valence-corrected chi connectivity index (χ1v) is 9.34. The molecule has 1 aliphatic rings. The first-order valence-electron chi connectivity index (χ1n) is 8.14. The molecule has 2 aromatic carbocycles. The van der Waals surface area contributed by atoms with Gasteiger partial charge in [-0.1, -0.05) is 0 Å². The molecule has 28 heavy (non-hydrogen) atoms. The van der Waals surface area contributed by atoms with Crippen LogP contribution in [0.4, 0.5) is 10.1 Å². The van der Waals surface area contributed by atoms with Crippen LogP contribution in [0.5, 0.6) is 11.5 Å². The van der Waals surface area contributed by atoms with Crippen molar-refractivity contribution in [2.45, 2.75) is 6.92 Å². The minimum Gasteiger partial charge on any atom is -0.503 e. The fraction of sp³-hybridized carbons (Fsp3) is 0.105. The molecule has 0 radical (unpaired) electrons. The molecule has 1 heterocycles. The summed E-state index contributed by atoms with van der Waals surface area (Å²) in [6, 6.07) is 8.21. The maximum Gasteiger partial charge on any atom is 0.270 e. The fourth-order valence-corrected chi connectivity index (χ4v) is 3.33. The monoisotopic (exact) mass is 464 g/mol. The van der Waals surface area contributed by atoms with E-state index in [4.69, 9.17) is 17.0 Å². The largest absolute Gasteiger partial charge is 0.503 e. The lowest BCUT2D eigenvalue weighted by Crippen LogP contribution is -2.54. The highest BCUT2D eigenvalue weighted by Crippen LogP contribution is 2.36. The van der Waals surface area contributed by atoms with Gasteiger partial charge in [-0.25, -0.2) is 4.39 Å². The van der Waals surface area contributed by atoms with Crippen LogP contribution in [0.15, 0.2) is 46.4 Å². The third-order valence-corrected chi connectivity index (χ3v) is 4.74. The Labute approximate surface area is 173 Å². The second kappa shape index (κ2) is 8.07. The molecule has 0 aromatic heterocycles. The van der Waals surface area contributed by atoms with Gasteiger partial charge in [0, 0.05) is 0 Å². The predicted octanol–water partition coefficient (Wildman–Crippen LogP) is 3.52. The number of amides is 2. The molecule has 0 aliphatic carbocycles. The van der Waals surface area contributed by atoms with E-state index in [9.17, 15) is 19.1 Å². The first kappa shape index (κ1) is 20.0. The van der Waals surface area contributed by atoms with E-state index < -0.39 is 17.6 Å². The summed E-state index contributed by atoms with van der Waals surface area (Å²) in [4.78, 5) is 26.4. The number of nitrogens with one attached hydrogen (secondary N) is 1. The van der Waals surface area contributed by atoms with E-state index in [1.807, 2.05) is 0 Å². The van der Waals surface area contributed by atoms with Crippen molar-refractivity contribution in [3.8, 4) is 11.5 Å². The molecule has 1 saturated heterocycles. The average molecular weight is 465 g/mol. The number of aromatic hydroxyl groups is 1. The molecule has 0 spiro atoms. The Morgan fingerprint density at radius 2 is 1.96 bits per heavy atom. The maximum atomic E-state index is 13.2. The molecule has 6 nitrogen and oxygen atoms in total. The molecule has 1 aliphatic heterocycles. The van der Waals surface area contributed by atoms with Crippen LogP contribution in [0.1, 0.15) is 12.5 Å². The van der Waals surface area contributed by atoms with E-state index in [2.05, 4.69) is 21.2 Å². The normalized spacial score (nSPS) is 15.8. The van der Waals surface area contributed by atoms with Crippen molar-refractivity contribution >= 4 is 56.8 Å². The van der Waals surface area contributed by atoms with Crippen LogP contribution in [0.25, 0.3) is 6.08 Å². The predicted molar refractivity (Wildman–Crippen MR) is 110 cm³/mol. The Morgan fingerprint density at radius 3 is 2.61 bits per heavy atom. The van der Waals surface area contributed by atoms with E-state index in [-0.39, 0.29) is 22.2 Å². The number of nitrogens with zero attached hydrogens (tertiary/aromatic N) is 1. The third-order valence-electron chi connectivity index (χ3n) is 3.85. The molecule has 9 heteroatoms. The number of benzene rings is 2. The molecule has 2 amide bonds. The summed E-state index contributed by atoms with van der Waals surface area (Å²) in [5, 5.41) is 12.4. The molecule has 2 aromatic rings. The highest BCUT2D eigenvalue weighted by Gasteiger charge is 2.34. The lowest BCUT2D eigenvalue weighted by Gasteiger charge is -2.28.